The van der Waals surface area contributed by atoms with Crippen LogP contribution in [-0.2, 0) is 11.3 Å². The second kappa shape index (κ2) is 6.66. The monoisotopic (exact) mass is 325 g/mol. The Morgan fingerprint density at radius 1 is 1.12 bits per heavy atom. The molecule has 0 bridgehead atoms. The van der Waals surface area contributed by atoms with Gasteiger partial charge in [-0.05, 0) is 49.1 Å². The maximum Gasteiger partial charge on any atom is 0.123 e. The molecule has 2 fully saturated rings. The first-order valence-electron chi connectivity index (χ1n) is 8.88. The number of hydrogen-bond acceptors (Lipinski definition) is 2. The lowest BCUT2D eigenvalue weighted by atomic mass is 9.84. The van der Waals surface area contributed by atoms with Crippen molar-refractivity contribution in [2.75, 3.05) is 19.7 Å². The van der Waals surface area contributed by atoms with E-state index in [1.54, 1.807) is 12.1 Å². The van der Waals surface area contributed by atoms with Crippen LogP contribution < -0.4 is 0 Å². The zero-order chi connectivity index (χ0) is 16.4. The SMILES string of the molecule is Fc1cccc(CN2CCC[C@]3(C[C@H](c4ccccc4)CO3)C2)c1. The number of rotatable bonds is 3. The second-order valence-electron chi connectivity index (χ2n) is 7.25. The summed E-state index contributed by atoms with van der Waals surface area (Å²) in [5.41, 5.74) is 2.41. The molecule has 1 spiro atoms. The van der Waals surface area contributed by atoms with Gasteiger partial charge in [0.15, 0.2) is 0 Å². The molecule has 4 rings (SSSR count). The van der Waals surface area contributed by atoms with E-state index in [0.717, 1.165) is 51.1 Å². The van der Waals surface area contributed by atoms with Crippen LogP contribution in [0.5, 0.6) is 0 Å². The van der Waals surface area contributed by atoms with Gasteiger partial charge in [0.1, 0.15) is 5.82 Å². The van der Waals surface area contributed by atoms with E-state index in [1.165, 1.54) is 11.6 Å². The Morgan fingerprint density at radius 3 is 2.83 bits per heavy atom. The molecule has 2 saturated heterocycles. The summed E-state index contributed by atoms with van der Waals surface area (Å²) >= 11 is 0. The molecule has 0 unspecified atom stereocenters. The smallest absolute Gasteiger partial charge is 0.123 e. The predicted molar refractivity (Wildman–Crippen MR) is 93.4 cm³/mol. The van der Waals surface area contributed by atoms with Crippen molar-refractivity contribution < 1.29 is 9.13 Å². The van der Waals surface area contributed by atoms with Crippen LogP contribution in [0.15, 0.2) is 54.6 Å². The van der Waals surface area contributed by atoms with Crippen molar-refractivity contribution in [1.29, 1.82) is 0 Å². The number of likely N-dealkylation sites (tertiary alicyclic amines) is 1. The molecule has 0 amide bonds. The number of benzene rings is 2. The lowest BCUT2D eigenvalue weighted by molar-refractivity contribution is -0.0533. The molecular weight excluding hydrogens is 301 g/mol. The van der Waals surface area contributed by atoms with Crippen molar-refractivity contribution in [1.82, 2.24) is 4.90 Å². The number of hydrogen-bond donors (Lipinski definition) is 0. The molecule has 24 heavy (non-hydrogen) atoms. The quantitative estimate of drug-likeness (QED) is 0.831. The maximum absolute atomic E-state index is 13.4. The van der Waals surface area contributed by atoms with Crippen molar-refractivity contribution in [2.45, 2.75) is 37.3 Å². The zero-order valence-electron chi connectivity index (χ0n) is 14.0. The summed E-state index contributed by atoms with van der Waals surface area (Å²) in [5, 5.41) is 0. The summed E-state index contributed by atoms with van der Waals surface area (Å²) in [4.78, 5) is 2.42. The molecule has 2 atom stereocenters. The number of nitrogens with zero attached hydrogens (tertiary/aromatic N) is 1. The van der Waals surface area contributed by atoms with Gasteiger partial charge < -0.3 is 4.74 Å². The Morgan fingerprint density at radius 2 is 2.00 bits per heavy atom. The Bertz CT molecular complexity index is 689. The summed E-state index contributed by atoms with van der Waals surface area (Å²) in [5.74, 6) is 0.348. The fraction of sp³-hybridized carbons (Fsp3) is 0.429. The van der Waals surface area contributed by atoms with Crippen LogP contribution in [0.3, 0.4) is 0 Å². The summed E-state index contributed by atoms with van der Waals surface area (Å²) < 4.78 is 19.7. The highest BCUT2D eigenvalue weighted by Crippen LogP contribution is 2.41. The van der Waals surface area contributed by atoms with Crippen molar-refractivity contribution in [2.24, 2.45) is 0 Å². The predicted octanol–water partition coefficient (Wildman–Crippen LogP) is 4.36. The zero-order valence-corrected chi connectivity index (χ0v) is 14.0. The average Bonchev–Trinajstić information content (AvgIpc) is 2.99. The van der Waals surface area contributed by atoms with Crippen LogP contribution in [0.2, 0.25) is 0 Å². The topological polar surface area (TPSA) is 12.5 Å². The van der Waals surface area contributed by atoms with Gasteiger partial charge in [-0.25, -0.2) is 4.39 Å². The van der Waals surface area contributed by atoms with Crippen LogP contribution in [-0.4, -0.2) is 30.2 Å². The lowest BCUT2D eigenvalue weighted by Crippen LogP contribution is -2.47. The number of piperidine rings is 1. The minimum atomic E-state index is -0.152. The van der Waals surface area contributed by atoms with E-state index >= 15 is 0 Å². The van der Waals surface area contributed by atoms with Crippen LogP contribution in [0.1, 0.15) is 36.3 Å². The first-order chi connectivity index (χ1) is 11.7. The van der Waals surface area contributed by atoms with Crippen LogP contribution >= 0.6 is 0 Å². The van der Waals surface area contributed by atoms with E-state index in [4.69, 9.17) is 4.74 Å². The molecule has 0 radical (unpaired) electrons. The largest absolute Gasteiger partial charge is 0.373 e. The molecule has 2 aliphatic heterocycles. The average molecular weight is 325 g/mol. The molecule has 0 aliphatic carbocycles. The van der Waals surface area contributed by atoms with Gasteiger partial charge >= 0.3 is 0 Å². The third kappa shape index (κ3) is 3.38. The molecule has 2 aromatic rings. The van der Waals surface area contributed by atoms with Crippen molar-refractivity contribution in [3.63, 3.8) is 0 Å². The summed E-state index contributed by atoms with van der Waals surface area (Å²) in [6.07, 6.45) is 3.38. The van der Waals surface area contributed by atoms with Gasteiger partial charge in [0.25, 0.3) is 0 Å². The first-order valence-corrected chi connectivity index (χ1v) is 8.88. The standard InChI is InChI=1S/C21H24FNO/c22-20-9-4-6-17(12-20)14-23-11-5-10-21(16-23)13-19(15-24-21)18-7-2-1-3-8-18/h1-4,6-9,12,19H,5,10-11,13-16H2/t19-,21-/m0/s1. The maximum atomic E-state index is 13.4. The normalized spacial score (nSPS) is 27.6. The van der Waals surface area contributed by atoms with Gasteiger partial charge in [-0.3, -0.25) is 4.90 Å². The third-order valence-corrected chi connectivity index (χ3v) is 5.39. The Labute approximate surface area is 143 Å². The molecule has 126 valence electrons. The van der Waals surface area contributed by atoms with Crippen LogP contribution in [0, 0.1) is 5.82 Å². The Balaban J connectivity index is 1.43. The van der Waals surface area contributed by atoms with Gasteiger partial charge in [0.05, 0.1) is 12.2 Å². The molecule has 0 aromatic heterocycles. The molecule has 0 N–H and O–H groups in total. The molecule has 0 saturated carbocycles. The highest BCUT2D eigenvalue weighted by Gasteiger charge is 2.43. The Kier molecular flexibility index (Phi) is 4.38. The molecule has 2 heterocycles. The Hall–Kier alpha value is -1.71. The fourth-order valence-corrected chi connectivity index (χ4v) is 4.29. The number of halogens is 1. The van der Waals surface area contributed by atoms with Crippen LogP contribution in [0.25, 0.3) is 0 Å². The molecule has 3 heteroatoms. The third-order valence-electron chi connectivity index (χ3n) is 5.39. The van der Waals surface area contributed by atoms with Gasteiger partial charge in [0, 0.05) is 19.0 Å². The fourth-order valence-electron chi connectivity index (χ4n) is 4.29. The minimum absolute atomic E-state index is 0.0217. The highest BCUT2D eigenvalue weighted by atomic mass is 19.1. The highest BCUT2D eigenvalue weighted by molar-refractivity contribution is 5.22. The van der Waals surface area contributed by atoms with Crippen LogP contribution in [0.4, 0.5) is 4.39 Å². The van der Waals surface area contributed by atoms with Gasteiger partial charge in [-0.2, -0.15) is 0 Å². The molecule has 2 aromatic carbocycles. The molecule has 2 aliphatic rings. The summed E-state index contributed by atoms with van der Waals surface area (Å²) in [7, 11) is 0. The van der Waals surface area contributed by atoms with Crippen molar-refractivity contribution in [3.8, 4) is 0 Å². The lowest BCUT2D eigenvalue weighted by Gasteiger charge is -2.40. The van der Waals surface area contributed by atoms with Gasteiger partial charge in [-0.1, -0.05) is 42.5 Å². The van der Waals surface area contributed by atoms with E-state index in [9.17, 15) is 4.39 Å². The van der Waals surface area contributed by atoms with E-state index in [0.29, 0.717) is 5.92 Å². The van der Waals surface area contributed by atoms with E-state index < -0.39 is 0 Å². The van der Waals surface area contributed by atoms with Crippen molar-refractivity contribution in [3.05, 3.63) is 71.5 Å². The van der Waals surface area contributed by atoms with E-state index in [-0.39, 0.29) is 11.4 Å². The van der Waals surface area contributed by atoms with E-state index in [2.05, 4.69) is 35.2 Å². The van der Waals surface area contributed by atoms with Crippen molar-refractivity contribution >= 4 is 0 Å². The summed E-state index contributed by atoms with van der Waals surface area (Å²) in [6, 6.07) is 17.6. The first kappa shape index (κ1) is 15.8. The van der Waals surface area contributed by atoms with Gasteiger partial charge in [-0.15, -0.1) is 0 Å². The number of ether oxygens (including phenoxy) is 1. The molecular formula is C21H24FNO. The minimum Gasteiger partial charge on any atom is -0.373 e. The van der Waals surface area contributed by atoms with E-state index in [1.807, 2.05) is 6.07 Å². The second-order valence-corrected chi connectivity index (χ2v) is 7.25. The summed E-state index contributed by atoms with van der Waals surface area (Å²) in [6.45, 7) is 3.64. The van der Waals surface area contributed by atoms with Gasteiger partial charge in [0.2, 0.25) is 0 Å². The molecule has 2 nitrogen and oxygen atoms in total.